The monoisotopic (exact) mass is 295 g/mol. The molecular formula is C14H11ClFNO3. The number of pyridine rings is 1. The SMILES string of the molecule is COC(=O)c1ccc(COc2c(F)cccc2Cl)nc1. The summed E-state index contributed by atoms with van der Waals surface area (Å²) in [6, 6.07) is 7.44. The summed E-state index contributed by atoms with van der Waals surface area (Å²) < 4.78 is 23.3. The molecule has 0 aliphatic rings. The van der Waals surface area contributed by atoms with E-state index in [0.29, 0.717) is 11.3 Å². The first kappa shape index (κ1) is 14.3. The van der Waals surface area contributed by atoms with Crippen molar-refractivity contribution in [1.82, 2.24) is 4.98 Å². The number of esters is 1. The Labute approximate surface area is 120 Å². The number of halogens is 2. The second-order valence-corrected chi connectivity index (χ2v) is 4.28. The van der Waals surface area contributed by atoms with Gasteiger partial charge in [0.2, 0.25) is 0 Å². The number of ether oxygens (including phenoxy) is 2. The van der Waals surface area contributed by atoms with E-state index in [1.807, 2.05) is 0 Å². The summed E-state index contributed by atoms with van der Waals surface area (Å²) in [5, 5.41) is 0.191. The number of para-hydroxylation sites is 1. The highest BCUT2D eigenvalue weighted by molar-refractivity contribution is 6.32. The zero-order chi connectivity index (χ0) is 14.5. The lowest BCUT2D eigenvalue weighted by molar-refractivity contribution is 0.0600. The number of aromatic nitrogens is 1. The minimum atomic E-state index is -0.538. The number of rotatable bonds is 4. The van der Waals surface area contributed by atoms with Gasteiger partial charge in [0.15, 0.2) is 11.6 Å². The van der Waals surface area contributed by atoms with Crippen molar-refractivity contribution in [3.63, 3.8) is 0 Å². The van der Waals surface area contributed by atoms with Crippen molar-refractivity contribution in [3.8, 4) is 5.75 Å². The molecule has 0 bridgehead atoms. The van der Waals surface area contributed by atoms with Crippen molar-refractivity contribution < 1.29 is 18.7 Å². The average molecular weight is 296 g/mol. The molecule has 0 unspecified atom stereocenters. The smallest absolute Gasteiger partial charge is 0.339 e. The molecule has 20 heavy (non-hydrogen) atoms. The molecule has 0 saturated carbocycles. The fraction of sp³-hybridized carbons (Fsp3) is 0.143. The van der Waals surface area contributed by atoms with Crippen LogP contribution < -0.4 is 4.74 Å². The van der Waals surface area contributed by atoms with Crippen LogP contribution in [0.25, 0.3) is 0 Å². The molecule has 4 nitrogen and oxygen atoms in total. The summed E-state index contributed by atoms with van der Waals surface area (Å²) in [5.74, 6) is -1.03. The van der Waals surface area contributed by atoms with E-state index in [-0.39, 0.29) is 17.4 Å². The van der Waals surface area contributed by atoms with Crippen LogP contribution in [0.2, 0.25) is 5.02 Å². The standard InChI is InChI=1S/C14H11ClFNO3/c1-19-14(18)9-5-6-10(17-7-9)8-20-13-11(15)3-2-4-12(13)16/h2-7H,8H2,1H3. The Morgan fingerprint density at radius 1 is 1.35 bits per heavy atom. The summed E-state index contributed by atoms with van der Waals surface area (Å²) in [6.07, 6.45) is 1.37. The van der Waals surface area contributed by atoms with Gasteiger partial charge >= 0.3 is 5.97 Å². The average Bonchev–Trinajstić information content (AvgIpc) is 2.46. The van der Waals surface area contributed by atoms with Gasteiger partial charge in [0.25, 0.3) is 0 Å². The Morgan fingerprint density at radius 2 is 2.15 bits per heavy atom. The second kappa shape index (κ2) is 6.34. The zero-order valence-corrected chi connectivity index (χ0v) is 11.4. The molecule has 0 aliphatic carbocycles. The van der Waals surface area contributed by atoms with Crippen LogP contribution in [0.4, 0.5) is 4.39 Å². The minimum Gasteiger partial charge on any atom is -0.483 e. The van der Waals surface area contributed by atoms with Gasteiger partial charge in [-0.25, -0.2) is 9.18 Å². The molecule has 0 amide bonds. The third kappa shape index (κ3) is 3.24. The Balaban J connectivity index is 2.06. The highest BCUT2D eigenvalue weighted by Gasteiger charge is 2.09. The Kier molecular flexibility index (Phi) is 4.53. The largest absolute Gasteiger partial charge is 0.483 e. The molecule has 0 fully saturated rings. The molecule has 0 atom stereocenters. The Hall–Kier alpha value is -2.14. The molecule has 6 heteroatoms. The number of carbonyl (C=O) groups excluding carboxylic acids is 1. The maximum absolute atomic E-state index is 13.5. The second-order valence-electron chi connectivity index (χ2n) is 3.87. The number of nitrogens with zero attached hydrogens (tertiary/aromatic N) is 1. The number of hydrogen-bond donors (Lipinski definition) is 0. The molecule has 0 spiro atoms. The lowest BCUT2D eigenvalue weighted by atomic mass is 10.2. The quantitative estimate of drug-likeness (QED) is 0.813. The Morgan fingerprint density at radius 3 is 2.75 bits per heavy atom. The van der Waals surface area contributed by atoms with E-state index in [9.17, 15) is 9.18 Å². The van der Waals surface area contributed by atoms with Gasteiger partial charge in [0.1, 0.15) is 6.61 Å². The summed E-state index contributed by atoms with van der Waals surface area (Å²) in [6.45, 7) is 0.0438. The van der Waals surface area contributed by atoms with Crippen LogP contribution in [0.5, 0.6) is 5.75 Å². The third-order valence-corrected chi connectivity index (χ3v) is 2.83. The van der Waals surface area contributed by atoms with Gasteiger partial charge in [-0.1, -0.05) is 17.7 Å². The molecule has 104 valence electrons. The van der Waals surface area contributed by atoms with E-state index >= 15 is 0 Å². The van der Waals surface area contributed by atoms with Gasteiger partial charge in [0.05, 0.1) is 23.4 Å². The maximum atomic E-state index is 13.5. The molecule has 0 N–H and O–H groups in total. The van der Waals surface area contributed by atoms with Gasteiger partial charge in [-0.2, -0.15) is 0 Å². The van der Waals surface area contributed by atoms with E-state index in [0.717, 1.165) is 0 Å². The van der Waals surface area contributed by atoms with Crippen LogP contribution in [0.1, 0.15) is 16.1 Å². The van der Waals surface area contributed by atoms with Crippen molar-refractivity contribution in [2.24, 2.45) is 0 Å². The first-order valence-corrected chi connectivity index (χ1v) is 6.09. The van der Waals surface area contributed by atoms with E-state index in [4.69, 9.17) is 16.3 Å². The van der Waals surface area contributed by atoms with Crippen LogP contribution in [0.15, 0.2) is 36.5 Å². The fourth-order valence-electron chi connectivity index (χ4n) is 1.51. The van der Waals surface area contributed by atoms with E-state index in [1.54, 1.807) is 12.1 Å². The van der Waals surface area contributed by atoms with E-state index in [2.05, 4.69) is 9.72 Å². The molecule has 1 aromatic carbocycles. The van der Waals surface area contributed by atoms with Crippen molar-refractivity contribution in [3.05, 3.63) is 58.6 Å². The Bertz CT molecular complexity index is 596. The molecule has 0 radical (unpaired) electrons. The van der Waals surface area contributed by atoms with Gasteiger partial charge in [0, 0.05) is 6.20 Å². The predicted molar refractivity (Wildman–Crippen MR) is 71.3 cm³/mol. The zero-order valence-electron chi connectivity index (χ0n) is 10.6. The summed E-state index contributed by atoms with van der Waals surface area (Å²) in [5.41, 5.74) is 0.872. The van der Waals surface area contributed by atoms with E-state index in [1.165, 1.54) is 31.5 Å². The molecule has 0 saturated heterocycles. The number of hydrogen-bond acceptors (Lipinski definition) is 4. The number of benzene rings is 1. The molecular weight excluding hydrogens is 285 g/mol. The first-order chi connectivity index (χ1) is 9.61. The predicted octanol–water partition coefficient (Wildman–Crippen LogP) is 3.24. The minimum absolute atomic E-state index is 0.0204. The first-order valence-electron chi connectivity index (χ1n) is 5.72. The summed E-state index contributed by atoms with van der Waals surface area (Å²) in [4.78, 5) is 15.3. The summed E-state index contributed by atoms with van der Waals surface area (Å²) in [7, 11) is 1.29. The number of carbonyl (C=O) groups is 1. The molecule has 2 rings (SSSR count). The normalized spacial score (nSPS) is 10.2. The topological polar surface area (TPSA) is 48.4 Å². The van der Waals surface area contributed by atoms with Gasteiger partial charge in [-0.15, -0.1) is 0 Å². The van der Waals surface area contributed by atoms with Gasteiger partial charge < -0.3 is 9.47 Å². The van der Waals surface area contributed by atoms with Crippen molar-refractivity contribution in [2.45, 2.75) is 6.61 Å². The molecule has 0 aliphatic heterocycles. The summed E-state index contributed by atoms with van der Waals surface area (Å²) >= 11 is 5.83. The van der Waals surface area contributed by atoms with Crippen LogP contribution >= 0.6 is 11.6 Å². The van der Waals surface area contributed by atoms with Crippen molar-refractivity contribution >= 4 is 17.6 Å². The highest BCUT2D eigenvalue weighted by Crippen LogP contribution is 2.27. The molecule has 1 aromatic heterocycles. The third-order valence-electron chi connectivity index (χ3n) is 2.53. The molecule has 1 heterocycles. The number of methoxy groups -OCH3 is 1. The lowest BCUT2D eigenvalue weighted by Gasteiger charge is -2.08. The maximum Gasteiger partial charge on any atom is 0.339 e. The van der Waals surface area contributed by atoms with Crippen molar-refractivity contribution in [2.75, 3.05) is 7.11 Å². The van der Waals surface area contributed by atoms with Crippen LogP contribution in [0, 0.1) is 5.82 Å². The fourth-order valence-corrected chi connectivity index (χ4v) is 1.73. The van der Waals surface area contributed by atoms with Gasteiger partial charge in [-0.3, -0.25) is 4.98 Å². The van der Waals surface area contributed by atoms with Crippen molar-refractivity contribution in [1.29, 1.82) is 0 Å². The molecule has 2 aromatic rings. The van der Waals surface area contributed by atoms with Crippen LogP contribution in [0.3, 0.4) is 0 Å². The van der Waals surface area contributed by atoms with Crippen LogP contribution in [-0.4, -0.2) is 18.1 Å². The van der Waals surface area contributed by atoms with E-state index < -0.39 is 11.8 Å². The highest BCUT2D eigenvalue weighted by atomic mass is 35.5. The van der Waals surface area contributed by atoms with Crippen LogP contribution in [-0.2, 0) is 11.3 Å². The van der Waals surface area contributed by atoms with Gasteiger partial charge in [-0.05, 0) is 24.3 Å². The lowest BCUT2D eigenvalue weighted by Crippen LogP contribution is -2.04.